The predicted octanol–water partition coefficient (Wildman–Crippen LogP) is 6.85. The van der Waals surface area contributed by atoms with E-state index in [4.69, 9.17) is 9.47 Å². The Bertz CT molecular complexity index is 1430. The minimum atomic E-state index is -0.749. The number of carbonyl (C=O) groups excluding carboxylic acids is 3. The molecule has 0 spiro atoms. The van der Waals surface area contributed by atoms with Crippen LogP contribution in [0.3, 0.4) is 0 Å². The highest BCUT2D eigenvalue weighted by Crippen LogP contribution is 2.38. The van der Waals surface area contributed by atoms with E-state index in [9.17, 15) is 18.8 Å². The minimum absolute atomic E-state index is 0.0133. The van der Waals surface area contributed by atoms with Gasteiger partial charge in [-0.05, 0) is 69.4 Å². The molecule has 44 heavy (non-hydrogen) atoms. The summed E-state index contributed by atoms with van der Waals surface area (Å²) < 4.78 is 25.3. The first-order chi connectivity index (χ1) is 21.1. The number of carbonyl (C=O) groups is 3. The van der Waals surface area contributed by atoms with Crippen molar-refractivity contribution in [3.8, 4) is 0 Å². The van der Waals surface area contributed by atoms with Gasteiger partial charge in [0.25, 0.3) is 0 Å². The van der Waals surface area contributed by atoms with Gasteiger partial charge in [0.15, 0.2) is 0 Å². The van der Waals surface area contributed by atoms with Crippen LogP contribution in [0.1, 0.15) is 92.0 Å². The number of hydrogen-bond donors (Lipinski definition) is 1. The van der Waals surface area contributed by atoms with E-state index in [0.717, 1.165) is 37.7 Å². The molecular weight excluding hydrogens is 581 g/mol. The normalized spacial score (nSPS) is 19.9. The summed E-state index contributed by atoms with van der Waals surface area (Å²) in [6.07, 6.45) is 4.40. The van der Waals surface area contributed by atoms with E-state index in [2.05, 4.69) is 10.3 Å². The number of hydrogen-bond acceptors (Lipinski definition) is 7. The van der Waals surface area contributed by atoms with Crippen molar-refractivity contribution in [2.24, 2.45) is 5.92 Å². The van der Waals surface area contributed by atoms with Crippen molar-refractivity contribution in [2.45, 2.75) is 89.7 Å². The molecule has 2 heterocycles. The van der Waals surface area contributed by atoms with Crippen LogP contribution in [0.2, 0.25) is 0 Å². The van der Waals surface area contributed by atoms with Crippen molar-refractivity contribution in [3.63, 3.8) is 0 Å². The average molecular weight is 622 g/mol. The molecular formula is C34H40FN3O5S. The Morgan fingerprint density at radius 2 is 1.75 bits per heavy atom. The number of halogens is 1. The van der Waals surface area contributed by atoms with Gasteiger partial charge in [-0.15, -0.1) is 11.3 Å². The van der Waals surface area contributed by atoms with E-state index < -0.39 is 29.6 Å². The maximum Gasteiger partial charge on any atom is 0.408 e. The lowest BCUT2D eigenvalue weighted by Gasteiger charge is -2.34. The molecule has 0 radical (unpaired) electrons. The van der Waals surface area contributed by atoms with Crippen LogP contribution in [0.4, 0.5) is 9.18 Å². The molecule has 1 saturated heterocycles. The van der Waals surface area contributed by atoms with Crippen molar-refractivity contribution in [3.05, 3.63) is 87.6 Å². The fraction of sp³-hybridized carbons (Fsp3) is 0.471. The molecule has 2 aromatic carbocycles. The number of nitrogens with zero attached hydrogens (tertiary/aromatic N) is 2. The molecule has 1 aliphatic heterocycles. The number of aromatic nitrogens is 1. The zero-order valence-corrected chi connectivity index (χ0v) is 26.3. The number of ketones is 1. The van der Waals surface area contributed by atoms with E-state index in [1.165, 1.54) is 35.6 Å². The summed E-state index contributed by atoms with van der Waals surface area (Å²) in [5.41, 5.74) is 0.909. The van der Waals surface area contributed by atoms with Crippen molar-refractivity contribution < 1.29 is 28.2 Å². The lowest BCUT2D eigenvalue weighted by molar-refractivity contribution is -0.136. The first-order valence-corrected chi connectivity index (χ1v) is 16.2. The molecule has 2 aliphatic rings. The summed E-state index contributed by atoms with van der Waals surface area (Å²) >= 11 is 1.31. The predicted molar refractivity (Wildman–Crippen MR) is 166 cm³/mol. The summed E-state index contributed by atoms with van der Waals surface area (Å²) in [6.45, 7) is 6.11. The first kappa shape index (κ1) is 31.8. The van der Waals surface area contributed by atoms with E-state index in [0.29, 0.717) is 30.1 Å². The number of thiazole rings is 1. The fourth-order valence-electron chi connectivity index (χ4n) is 5.94. The Labute approximate surface area is 262 Å². The molecule has 3 atom stereocenters. The summed E-state index contributed by atoms with van der Waals surface area (Å²) in [7, 11) is 0. The third-order valence-electron chi connectivity index (χ3n) is 8.08. The first-order valence-electron chi connectivity index (χ1n) is 15.3. The molecule has 1 saturated carbocycles. The van der Waals surface area contributed by atoms with Gasteiger partial charge >= 0.3 is 6.09 Å². The second-order valence-electron chi connectivity index (χ2n) is 12.6. The quantitative estimate of drug-likeness (QED) is 0.263. The number of alkyl carbamates (subject to hydrolysis) is 1. The number of likely N-dealkylation sites (tertiary alicyclic amines) is 1. The topological polar surface area (TPSA) is 97.8 Å². The summed E-state index contributed by atoms with van der Waals surface area (Å²) in [6, 6.07) is 14.0. The molecule has 0 unspecified atom stereocenters. The van der Waals surface area contributed by atoms with Gasteiger partial charge in [-0.3, -0.25) is 9.59 Å². The van der Waals surface area contributed by atoms with Gasteiger partial charge < -0.3 is 19.7 Å². The third kappa shape index (κ3) is 8.09. The standard InChI is InChI=1S/C34H40FN3O5S/c1-34(2,3)43-33(41)37-29(23-12-8-5-9-13-23)32(40)38-19-26(42-20-22-10-6-4-7-11-22)18-28(38)31-36-27(21-44-31)30(39)24-14-16-25(35)17-15-24/h4,6-7,10-11,14-17,21,23,26,28-29H,5,8-9,12-13,18-20H2,1-3H3,(H,37,41)/t26-,28-,29-/m0/s1. The third-order valence-corrected chi connectivity index (χ3v) is 9.03. The Morgan fingerprint density at radius 1 is 1.05 bits per heavy atom. The molecule has 5 rings (SSSR count). The average Bonchev–Trinajstić information content (AvgIpc) is 3.66. The lowest BCUT2D eigenvalue weighted by Crippen LogP contribution is -2.53. The highest BCUT2D eigenvalue weighted by atomic mass is 32.1. The van der Waals surface area contributed by atoms with Gasteiger partial charge in [-0.1, -0.05) is 49.6 Å². The molecule has 1 aromatic heterocycles. The maximum atomic E-state index is 14.4. The van der Waals surface area contributed by atoms with E-state index >= 15 is 0 Å². The molecule has 2 amide bonds. The number of benzene rings is 2. The van der Waals surface area contributed by atoms with Gasteiger partial charge in [-0.25, -0.2) is 14.2 Å². The minimum Gasteiger partial charge on any atom is -0.444 e. The smallest absolute Gasteiger partial charge is 0.408 e. The number of ether oxygens (including phenoxy) is 2. The molecule has 1 N–H and O–H groups in total. The highest BCUT2D eigenvalue weighted by molar-refractivity contribution is 7.10. The SMILES string of the molecule is CC(C)(C)OC(=O)N[C@H](C(=O)N1C[C@@H](OCc2ccccc2)C[C@H]1c1nc(C(=O)c2ccc(F)cc2)cs1)C1CCCCC1. The van der Waals surface area contributed by atoms with Crippen molar-refractivity contribution in [1.29, 1.82) is 0 Å². The van der Waals surface area contributed by atoms with Gasteiger partial charge in [0.2, 0.25) is 11.7 Å². The molecule has 1 aliphatic carbocycles. The van der Waals surface area contributed by atoms with Crippen LogP contribution in [-0.4, -0.2) is 52.0 Å². The van der Waals surface area contributed by atoms with E-state index in [-0.39, 0.29) is 29.4 Å². The van der Waals surface area contributed by atoms with Crippen LogP contribution >= 0.6 is 11.3 Å². The largest absolute Gasteiger partial charge is 0.444 e. The number of amides is 2. The Balaban J connectivity index is 1.40. The Hall–Kier alpha value is -3.63. The molecule has 2 fully saturated rings. The van der Waals surface area contributed by atoms with Crippen molar-refractivity contribution >= 4 is 29.1 Å². The van der Waals surface area contributed by atoms with E-state index in [1.54, 1.807) is 31.1 Å². The summed E-state index contributed by atoms with van der Waals surface area (Å²) in [5, 5.41) is 5.22. The van der Waals surface area contributed by atoms with Gasteiger partial charge in [-0.2, -0.15) is 0 Å². The summed E-state index contributed by atoms with van der Waals surface area (Å²) in [4.78, 5) is 46.9. The van der Waals surface area contributed by atoms with Crippen LogP contribution in [0, 0.1) is 11.7 Å². The molecule has 10 heteroatoms. The molecule has 0 bridgehead atoms. The number of rotatable bonds is 9. The van der Waals surface area contributed by atoms with Crippen LogP contribution in [0.25, 0.3) is 0 Å². The van der Waals surface area contributed by atoms with Gasteiger partial charge in [0.1, 0.15) is 28.2 Å². The van der Waals surface area contributed by atoms with Gasteiger partial charge in [0.05, 0.1) is 18.8 Å². The van der Waals surface area contributed by atoms with Gasteiger partial charge in [0, 0.05) is 23.9 Å². The second-order valence-corrected chi connectivity index (χ2v) is 13.5. The summed E-state index contributed by atoms with van der Waals surface area (Å²) in [5.74, 6) is -0.942. The van der Waals surface area contributed by atoms with Crippen molar-refractivity contribution in [1.82, 2.24) is 15.2 Å². The van der Waals surface area contributed by atoms with Crippen molar-refractivity contribution in [2.75, 3.05) is 6.54 Å². The van der Waals surface area contributed by atoms with Crippen LogP contribution < -0.4 is 5.32 Å². The molecule has 3 aromatic rings. The zero-order chi connectivity index (χ0) is 31.3. The maximum absolute atomic E-state index is 14.4. The molecule has 234 valence electrons. The van der Waals surface area contributed by atoms with Crippen LogP contribution in [0.15, 0.2) is 60.0 Å². The van der Waals surface area contributed by atoms with Crippen LogP contribution in [0.5, 0.6) is 0 Å². The monoisotopic (exact) mass is 621 g/mol. The number of nitrogens with one attached hydrogen (secondary N) is 1. The zero-order valence-electron chi connectivity index (χ0n) is 25.5. The lowest BCUT2D eigenvalue weighted by atomic mass is 9.83. The van der Waals surface area contributed by atoms with Crippen LogP contribution in [-0.2, 0) is 20.9 Å². The second kappa shape index (κ2) is 14.0. The molecule has 8 nitrogen and oxygen atoms in total. The highest BCUT2D eigenvalue weighted by Gasteiger charge is 2.44. The Morgan fingerprint density at radius 3 is 2.43 bits per heavy atom. The van der Waals surface area contributed by atoms with E-state index in [1.807, 2.05) is 30.3 Å². The Kier molecular flexibility index (Phi) is 10.1. The fourth-order valence-corrected chi connectivity index (χ4v) is 6.86.